The van der Waals surface area contributed by atoms with Crippen LogP contribution in [0.2, 0.25) is 0 Å². The molecule has 3 N–H and O–H groups in total. The highest BCUT2D eigenvalue weighted by Crippen LogP contribution is 2.22. The van der Waals surface area contributed by atoms with E-state index in [0.717, 1.165) is 17.6 Å². The molecule has 18 heavy (non-hydrogen) atoms. The maximum Gasteiger partial charge on any atom is 0.419 e. The predicted octanol–water partition coefficient (Wildman–Crippen LogP) is 1.67. The largest absolute Gasteiger partial charge is 0.419 e. The molecule has 0 atom stereocenters. The van der Waals surface area contributed by atoms with Gasteiger partial charge in [-0.3, -0.25) is 4.57 Å². The van der Waals surface area contributed by atoms with E-state index >= 15 is 0 Å². The molecule has 0 saturated heterocycles. The van der Waals surface area contributed by atoms with Crippen LogP contribution < -0.4 is 16.8 Å². The molecular weight excluding hydrogens is 230 g/mol. The third-order valence-electron chi connectivity index (χ3n) is 3.04. The summed E-state index contributed by atoms with van der Waals surface area (Å²) in [5.41, 5.74) is 7.85. The number of nitrogens with one attached hydrogen (secondary N) is 1. The van der Waals surface area contributed by atoms with Crippen LogP contribution in [0.4, 0.5) is 5.69 Å². The molecule has 0 radical (unpaired) electrons. The van der Waals surface area contributed by atoms with Crippen LogP contribution in [-0.2, 0) is 7.05 Å². The second-order valence-corrected chi connectivity index (χ2v) is 5.16. The minimum atomic E-state index is -0.344. The van der Waals surface area contributed by atoms with Crippen molar-refractivity contribution >= 4 is 16.8 Å². The van der Waals surface area contributed by atoms with Crippen LogP contribution in [0, 0.1) is 0 Å². The first kappa shape index (κ1) is 12.7. The minimum absolute atomic E-state index is 0.0783. The molecule has 0 bridgehead atoms. The van der Waals surface area contributed by atoms with E-state index < -0.39 is 0 Å². The smallest absolute Gasteiger partial charge is 0.408 e. The molecule has 1 heterocycles. The molecule has 0 aliphatic heterocycles. The quantitative estimate of drug-likeness (QED) is 0.864. The molecule has 0 unspecified atom stereocenters. The highest BCUT2D eigenvalue weighted by molar-refractivity contribution is 5.77. The summed E-state index contributed by atoms with van der Waals surface area (Å²) in [4.78, 5) is 11.4. The highest BCUT2D eigenvalue weighted by atomic mass is 16.4. The summed E-state index contributed by atoms with van der Waals surface area (Å²) in [6.45, 7) is 4.82. The van der Waals surface area contributed by atoms with Crippen molar-refractivity contribution in [2.75, 3.05) is 11.9 Å². The highest BCUT2D eigenvalue weighted by Gasteiger charge is 2.16. The van der Waals surface area contributed by atoms with E-state index in [2.05, 4.69) is 19.2 Å². The zero-order valence-corrected chi connectivity index (χ0v) is 11.0. The van der Waals surface area contributed by atoms with E-state index in [9.17, 15) is 4.79 Å². The Morgan fingerprint density at radius 1 is 1.44 bits per heavy atom. The van der Waals surface area contributed by atoms with Gasteiger partial charge in [-0.25, -0.2) is 4.79 Å². The second-order valence-electron chi connectivity index (χ2n) is 5.16. The van der Waals surface area contributed by atoms with Crippen LogP contribution >= 0.6 is 0 Å². The van der Waals surface area contributed by atoms with Crippen molar-refractivity contribution in [3.05, 3.63) is 28.7 Å². The number of nitrogens with two attached hydrogens (primary N) is 1. The molecule has 0 aliphatic carbocycles. The van der Waals surface area contributed by atoms with Crippen LogP contribution in [0.3, 0.4) is 0 Å². The van der Waals surface area contributed by atoms with Crippen molar-refractivity contribution in [2.24, 2.45) is 12.8 Å². The third kappa shape index (κ3) is 2.41. The lowest BCUT2D eigenvalue weighted by molar-refractivity contribution is 0.526. The first-order valence-corrected chi connectivity index (χ1v) is 6.01. The number of nitrogens with zero attached hydrogens (tertiary/aromatic N) is 1. The van der Waals surface area contributed by atoms with E-state index in [-0.39, 0.29) is 11.3 Å². The molecule has 5 heteroatoms. The zero-order valence-electron chi connectivity index (χ0n) is 11.0. The lowest BCUT2D eigenvalue weighted by Crippen LogP contribution is -2.33. The van der Waals surface area contributed by atoms with Gasteiger partial charge in [-0.2, -0.15) is 0 Å². The Morgan fingerprint density at radius 2 is 2.17 bits per heavy atom. The predicted molar refractivity (Wildman–Crippen MR) is 72.8 cm³/mol. The number of hydrogen-bond acceptors (Lipinski definition) is 4. The molecule has 2 aromatic rings. The molecule has 0 amide bonds. The van der Waals surface area contributed by atoms with Crippen molar-refractivity contribution < 1.29 is 4.42 Å². The zero-order chi connectivity index (χ0) is 13.3. The van der Waals surface area contributed by atoms with Crippen molar-refractivity contribution in [1.82, 2.24) is 4.57 Å². The molecule has 0 aliphatic rings. The molecule has 0 fully saturated rings. The molecule has 0 spiro atoms. The fraction of sp³-hybridized carbons (Fsp3) is 0.462. The SMILES string of the molecule is Cn1c(=O)oc2ccc(NC(C)(C)CCN)cc21. The first-order valence-electron chi connectivity index (χ1n) is 6.01. The number of aryl methyl sites for hydroxylation is 1. The fourth-order valence-electron chi connectivity index (χ4n) is 2.02. The number of rotatable bonds is 4. The monoisotopic (exact) mass is 249 g/mol. The van der Waals surface area contributed by atoms with Crippen molar-refractivity contribution in [3.63, 3.8) is 0 Å². The van der Waals surface area contributed by atoms with Gasteiger partial charge in [0.1, 0.15) is 0 Å². The molecule has 1 aromatic carbocycles. The molecule has 1 aromatic heterocycles. The van der Waals surface area contributed by atoms with Gasteiger partial charge >= 0.3 is 5.76 Å². The van der Waals surface area contributed by atoms with Gasteiger partial charge in [-0.15, -0.1) is 0 Å². The third-order valence-corrected chi connectivity index (χ3v) is 3.04. The molecule has 5 nitrogen and oxygen atoms in total. The van der Waals surface area contributed by atoms with E-state index in [1.165, 1.54) is 4.57 Å². The molecular formula is C13H19N3O2. The Kier molecular flexibility index (Phi) is 3.17. The summed E-state index contributed by atoms with van der Waals surface area (Å²) < 4.78 is 6.59. The van der Waals surface area contributed by atoms with Crippen LogP contribution in [0.25, 0.3) is 11.1 Å². The lowest BCUT2D eigenvalue weighted by atomic mass is 10.0. The normalized spacial score (nSPS) is 12.0. The lowest BCUT2D eigenvalue weighted by Gasteiger charge is -2.27. The van der Waals surface area contributed by atoms with Crippen molar-refractivity contribution in [3.8, 4) is 0 Å². The van der Waals surface area contributed by atoms with E-state index in [4.69, 9.17) is 10.2 Å². The molecule has 2 rings (SSSR count). The summed E-state index contributed by atoms with van der Waals surface area (Å²) in [5.74, 6) is -0.344. The maximum absolute atomic E-state index is 11.4. The maximum atomic E-state index is 11.4. The summed E-state index contributed by atoms with van der Waals surface area (Å²) in [7, 11) is 1.70. The first-order chi connectivity index (χ1) is 8.43. The minimum Gasteiger partial charge on any atom is -0.408 e. The number of hydrogen-bond donors (Lipinski definition) is 2. The Labute approximate surface area is 106 Å². The molecule has 98 valence electrons. The van der Waals surface area contributed by atoms with Gasteiger partial charge in [0.15, 0.2) is 5.58 Å². The summed E-state index contributed by atoms with van der Waals surface area (Å²) >= 11 is 0. The number of benzene rings is 1. The topological polar surface area (TPSA) is 73.2 Å². The Hall–Kier alpha value is -1.75. The Balaban J connectivity index is 2.35. The summed E-state index contributed by atoms with van der Waals surface area (Å²) in [6.07, 6.45) is 0.870. The van der Waals surface area contributed by atoms with E-state index in [0.29, 0.717) is 12.1 Å². The van der Waals surface area contributed by atoms with Gasteiger partial charge in [0, 0.05) is 18.3 Å². The van der Waals surface area contributed by atoms with Crippen LogP contribution in [-0.4, -0.2) is 16.7 Å². The van der Waals surface area contributed by atoms with Gasteiger partial charge in [0.2, 0.25) is 0 Å². The second kappa shape index (κ2) is 4.49. The number of fused-ring (bicyclic) bond motifs is 1. The fourth-order valence-corrected chi connectivity index (χ4v) is 2.02. The van der Waals surface area contributed by atoms with Gasteiger partial charge in [0.25, 0.3) is 0 Å². The summed E-state index contributed by atoms with van der Waals surface area (Å²) in [6, 6.07) is 5.62. The number of aromatic nitrogens is 1. The van der Waals surface area contributed by atoms with Crippen molar-refractivity contribution in [2.45, 2.75) is 25.8 Å². The van der Waals surface area contributed by atoms with Crippen LogP contribution in [0.5, 0.6) is 0 Å². The van der Waals surface area contributed by atoms with E-state index in [1.807, 2.05) is 12.1 Å². The van der Waals surface area contributed by atoms with Gasteiger partial charge in [-0.1, -0.05) is 0 Å². The van der Waals surface area contributed by atoms with Gasteiger partial charge in [-0.05, 0) is 45.0 Å². The Bertz CT molecular complexity index is 610. The number of anilines is 1. The van der Waals surface area contributed by atoms with Crippen molar-refractivity contribution in [1.29, 1.82) is 0 Å². The summed E-state index contributed by atoms with van der Waals surface area (Å²) in [5, 5.41) is 3.41. The Morgan fingerprint density at radius 3 is 2.83 bits per heavy atom. The average molecular weight is 249 g/mol. The van der Waals surface area contributed by atoms with Crippen LogP contribution in [0.1, 0.15) is 20.3 Å². The standard InChI is InChI=1S/C13H19N3O2/c1-13(2,6-7-14)15-9-4-5-11-10(8-9)16(3)12(17)18-11/h4-5,8,15H,6-7,14H2,1-3H3. The van der Waals surface area contributed by atoms with Gasteiger partial charge < -0.3 is 15.5 Å². The average Bonchev–Trinajstić information content (AvgIpc) is 2.55. The van der Waals surface area contributed by atoms with Gasteiger partial charge in [0.05, 0.1) is 5.52 Å². The van der Waals surface area contributed by atoms with Crippen LogP contribution in [0.15, 0.2) is 27.4 Å². The number of oxazole rings is 1. The molecule has 0 saturated carbocycles. The van der Waals surface area contributed by atoms with E-state index in [1.54, 1.807) is 13.1 Å².